The van der Waals surface area contributed by atoms with Gasteiger partial charge < -0.3 is 9.40 Å². The first-order valence-corrected chi connectivity index (χ1v) is 9.27. The van der Waals surface area contributed by atoms with Gasteiger partial charge in [-0.2, -0.15) is 5.10 Å². The quantitative estimate of drug-likeness (QED) is 0.490. The second-order valence-electron chi connectivity index (χ2n) is 6.49. The highest BCUT2D eigenvalue weighted by molar-refractivity contribution is 6.29. The Bertz CT molecular complexity index is 1310. The van der Waals surface area contributed by atoms with Crippen LogP contribution in [0.4, 0.5) is 0 Å². The van der Waals surface area contributed by atoms with Crippen LogP contribution in [0, 0.1) is 0 Å². The van der Waals surface area contributed by atoms with Crippen LogP contribution in [0.2, 0.25) is 5.15 Å². The van der Waals surface area contributed by atoms with E-state index in [0.29, 0.717) is 35.0 Å². The average molecular weight is 404 g/mol. The lowest BCUT2D eigenvalue weighted by atomic mass is 10.1. The van der Waals surface area contributed by atoms with Gasteiger partial charge in [-0.3, -0.25) is 9.36 Å². The third-order valence-corrected chi connectivity index (χ3v) is 4.78. The van der Waals surface area contributed by atoms with E-state index in [-0.39, 0.29) is 10.7 Å². The molecule has 0 saturated carbocycles. The van der Waals surface area contributed by atoms with Crippen LogP contribution in [0.5, 0.6) is 0 Å². The van der Waals surface area contributed by atoms with Gasteiger partial charge in [0.05, 0.1) is 30.3 Å². The summed E-state index contributed by atoms with van der Waals surface area (Å²) >= 11 is 6.05. The van der Waals surface area contributed by atoms with E-state index >= 15 is 0 Å². The van der Waals surface area contributed by atoms with E-state index in [0.717, 1.165) is 11.3 Å². The molecule has 8 heteroatoms. The minimum atomic E-state index is -0.197. The number of benzene rings is 1. The van der Waals surface area contributed by atoms with Crippen molar-refractivity contribution in [2.75, 3.05) is 0 Å². The summed E-state index contributed by atoms with van der Waals surface area (Å²) in [5.74, 6) is 1.16. The molecule has 0 saturated heterocycles. The van der Waals surface area contributed by atoms with Crippen LogP contribution in [0.1, 0.15) is 11.5 Å². The lowest BCUT2D eigenvalue weighted by Gasteiger charge is -2.13. The van der Waals surface area contributed by atoms with Gasteiger partial charge >= 0.3 is 0 Å². The molecule has 0 atom stereocenters. The Morgan fingerprint density at radius 2 is 1.97 bits per heavy atom. The zero-order chi connectivity index (χ0) is 19.8. The molecule has 2 aliphatic rings. The van der Waals surface area contributed by atoms with Crippen LogP contribution in [-0.4, -0.2) is 24.7 Å². The fourth-order valence-corrected chi connectivity index (χ4v) is 3.41. The van der Waals surface area contributed by atoms with Gasteiger partial charge in [0.2, 0.25) is 0 Å². The van der Waals surface area contributed by atoms with Crippen molar-refractivity contribution in [2.45, 2.75) is 6.42 Å². The Morgan fingerprint density at radius 1 is 1.10 bits per heavy atom. The van der Waals surface area contributed by atoms with Gasteiger partial charge in [-0.1, -0.05) is 41.9 Å². The van der Waals surface area contributed by atoms with Crippen molar-refractivity contribution < 1.29 is 4.42 Å². The van der Waals surface area contributed by atoms with Gasteiger partial charge in [0.25, 0.3) is 5.56 Å². The fourth-order valence-electron chi connectivity index (χ4n) is 3.25. The molecule has 0 unspecified atom stereocenters. The number of H-pyrrole nitrogens is 1. The number of furan rings is 1. The van der Waals surface area contributed by atoms with E-state index in [9.17, 15) is 4.79 Å². The van der Waals surface area contributed by atoms with Crippen molar-refractivity contribution in [3.8, 4) is 28.3 Å². The normalized spacial score (nSPS) is 11.2. The van der Waals surface area contributed by atoms with E-state index < -0.39 is 0 Å². The number of imidazole rings is 1. The number of hydrogen-bond acceptors (Lipinski definition) is 5. The van der Waals surface area contributed by atoms with E-state index in [1.165, 1.54) is 0 Å². The summed E-state index contributed by atoms with van der Waals surface area (Å²) in [6.45, 7) is 0. The average Bonchev–Trinajstić information content (AvgIpc) is 3.37. The first kappa shape index (κ1) is 17.4. The molecule has 2 aromatic heterocycles. The van der Waals surface area contributed by atoms with Crippen molar-refractivity contribution in [2.24, 2.45) is 0 Å². The topological polar surface area (TPSA) is 89.6 Å². The second-order valence-corrected chi connectivity index (χ2v) is 6.88. The summed E-state index contributed by atoms with van der Waals surface area (Å²) in [5.41, 5.74) is 3.21. The predicted molar refractivity (Wildman–Crippen MR) is 108 cm³/mol. The van der Waals surface area contributed by atoms with Gasteiger partial charge in [0, 0.05) is 11.8 Å². The number of fused-ring (bicyclic) bond motifs is 1. The van der Waals surface area contributed by atoms with Crippen molar-refractivity contribution in [3.63, 3.8) is 0 Å². The molecule has 0 aliphatic carbocycles. The van der Waals surface area contributed by atoms with Gasteiger partial charge in [-0.05, 0) is 23.8 Å². The van der Waals surface area contributed by atoms with Crippen molar-refractivity contribution >= 4 is 11.6 Å². The first-order chi connectivity index (χ1) is 14.2. The SMILES string of the molecule is O=c1c(Cc2ccco2)nc2c(-c3cnnc(Cl)c3)[nH]c(-c3ccccc3)cn1-2. The number of rotatable bonds is 4. The van der Waals surface area contributed by atoms with Crippen molar-refractivity contribution in [1.82, 2.24) is 24.7 Å². The molecule has 0 amide bonds. The van der Waals surface area contributed by atoms with Crippen LogP contribution in [0.15, 0.2) is 76.4 Å². The monoisotopic (exact) mass is 403 g/mol. The molecular formula is C21H14ClN5O2. The number of aromatic nitrogens is 5. The van der Waals surface area contributed by atoms with E-state index in [4.69, 9.17) is 16.0 Å². The molecule has 142 valence electrons. The van der Waals surface area contributed by atoms with Gasteiger partial charge in [-0.15, -0.1) is 5.10 Å². The molecule has 7 nitrogen and oxygen atoms in total. The maximum absolute atomic E-state index is 13.1. The molecule has 3 aromatic rings. The molecule has 0 radical (unpaired) electrons. The lowest BCUT2D eigenvalue weighted by molar-refractivity contribution is 0.519. The molecular weight excluding hydrogens is 390 g/mol. The maximum atomic E-state index is 13.1. The number of nitrogens with zero attached hydrogens (tertiary/aromatic N) is 4. The summed E-state index contributed by atoms with van der Waals surface area (Å²) in [7, 11) is 0. The van der Waals surface area contributed by atoms with Gasteiger partial charge in [0.1, 0.15) is 11.5 Å². The molecule has 1 N–H and O–H groups in total. The highest BCUT2D eigenvalue weighted by Gasteiger charge is 2.22. The van der Waals surface area contributed by atoms with Gasteiger partial charge in [0.15, 0.2) is 11.0 Å². The Morgan fingerprint density at radius 3 is 2.72 bits per heavy atom. The fraction of sp³-hybridized carbons (Fsp3) is 0.0476. The highest BCUT2D eigenvalue weighted by Crippen LogP contribution is 2.29. The standard InChI is InChI=1S/C21H14ClN5O2/c22-18-9-14(11-23-26-18)19-20-25-16(10-15-7-4-8-29-15)21(28)27(20)12-17(24-19)13-5-2-1-3-6-13/h1-9,11-12,24H,10H2. The zero-order valence-corrected chi connectivity index (χ0v) is 15.8. The summed E-state index contributed by atoms with van der Waals surface area (Å²) in [4.78, 5) is 21.0. The summed E-state index contributed by atoms with van der Waals surface area (Å²) in [6, 6.07) is 15.0. The molecule has 0 spiro atoms. The van der Waals surface area contributed by atoms with Crippen LogP contribution in [-0.2, 0) is 6.42 Å². The largest absolute Gasteiger partial charge is 0.469 e. The second kappa shape index (κ2) is 7.03. The number of aromatic amines is 1. The first-order valence-electron chi connectivity index (χ1n) is 8.90. The van der Waals surface area contributed by atoms with Crippen LogP contribution < -0.4 is 5.56 Å². The zero-order valence-electron chi connectivity index (χ0n) is 15.0. The number of halogens is 1. The van der Waals surface area contributed by atoms with Crippen LogP contribution >= 0.6 is 11.6 Å². The van der Waals surface area contributed by atoms with Gasteiger partial charge in [-0.25, -0.2) is 4.98 Å². The third kappa shape index (κ3) is 3.21. The minimum absolute atomic E-state index is 0.197. The molecule has 29 heavy (non-hydrogen) atoms. The van der Waals surface area contributed by atoms with E-state index in [1.54, 1.807) is 35.4 Å². The maximum Gasteiger partial charge on any atom is 0.278 e. The van der Waals surface area contributed by atoms with E-state index in [1.807, 2.05) is 36.4 Å². The third-order valence-electron chi connectivity index (χ3n) is 4.60. The van der Waals surface area contributed by atoms with Crippen LogP contribution in [0.3, 0.4) is 0 Å². The Kier molecular flexibility index (Phi) is 4.22. The summed E-state index contributed by atoms with van der Waals surface area (Å²) in [6.07, 6.45) is 5.22. The van der Waals surface area contributed by atoms with Crippen molar-refractivity contribution in [3.05, 3.63) is 94.1 Å². The predicted octanol–water partition coefficient (Wildman–Crippen LogP) is 3.96. The van der Waals surface area contributed by atoms with E-state index in [2.05, 4.69) is 20.2 Å². The summed E-state index contributed by atoms with van der Waals surface area (Å²) < 4.78 is 6.92. The molecule has 5 rings (SSSR count). The smallest absolute Gasteiger partial charge is 0.278 e. The molecule has 0 fully saturated rings. The van der Waals surface area contributed by atoms with Crippen LogP contribution in [0.25, 0.3) is 28.3 Å². The minimum Gasteiger partial charge on any atom is -0.469 e. The highest BCUT2D eigenvalue weighted by atomic mass is 35.5. The summed E-state index contributed by atoms with van der Waals surface area (Å²) in [5, 5.41) is 7.98. The number of hydrogen-bond donors (Lipinski definition) is 1. The molecule has 2 aliphatic heterocycles. The molecule has 0 bridgehead atoms. The lowest BCUT2D eigenvalue weighted by Crippen LogP contribution is -2.16. The number of nitrogens with one attached hydrogen (secondary N) is 1. The Labute approximate surface area is 170 Å². The van der Waals surface area contributed by atoms with Crippen molar-refractivity contribution in [1.29, 1.82) is 0 Å². The Hall–Kier alpha value is -3.71. The Balaban J connectivity index is 1.75. The molecule has 4 heterocycles. The molecule has 1 aromatic carbocycles.